The maximum absolute atomic E-state index is 7.23. The van der Waals surface area contributed by atoms with Crippen LogP contribution in [0, 0.1) is 13.8 Å². The molecule has 9 aromatic carbocycles. The van der Waals surface area contributed by atoms with Gasteiger partial charge in [0.1, 0.15) is 23.0 Å². The van der Waals surface area contributed by atoms with E-state index in [0.717, 1.165) is 72.9 Å². The van der Waals surface area contributed by atoms with Gasteiger partial charge in [0.25, 0.3) is 6.71 Å². The second kappa shape index (κ2) is 12.5. The minimum atomic E-state index is -0.0871. The third kappa shape index (κ3) is 4.67. The Kier molecular flexibility index (Phi) is 6.90. The minimum Gasteiger partial charge on any atom is -0.458 e. The molecule has 0 aliphatic carbocycles. The van der Waals surface area contributed by atoms with Gasteiger partial charge in [-0.2, -0.15) is 0 Å². The van der Waals surface area contributed by atoms with Crippen LogP contribution in [0.2, 0.25) is 0 Å². The number of benzene rings is 9. The zero-order valence-electron chi connectivity index (χ0n) is 33.9. The summed E-state index contributed by atoms with van der Waals surface area (Å²) >= 11 is 1.89. The average molecular weight is 811 g/mol. The molecular formula is C56H35BN2O2S. The molecule has 0 N–H and O–H groups in total. The average Bonchev–Trinajstić information content (AvgIpc) is 3.97. The minimum absolute atomic E-state index is 0.0871. The molecule has 2 aliphatic heterocycles. The molecule has 0 amide bonds. The number of hydrogen-bond donors (Lipinski definition) is 0. The van der Waals surface area contributed by atoms with E-state index in [1.165, 1.54) is 63.9 Å². The van der Waals surface area contributed by atoms with Crippen molar-refractivity contribution in [2.75, 3.05) is 0 Å². The molecule has 5 heterocycles. The maximum atomic E-state index is 7.23. The van der Waals surface area contributed by atoms with Gasteiger partial charge in [-0.15, -0.1) is 11.3 Å². The molecule has 4 nitrogen and oxygen atoms in total. The molecule has 0 saturated carbocycles. The number of nitrogens with zero attached hydrogens (tertiary/aromatic N) is 2. The summed E-state index contributed by atoms with van der Waals surface area (Å²) in [6, 6.07) is 64.0. The third-order valence-electron chi connectivity index (χ3n) is 13.4. The molecule has 0 fully saturated rings. The summed E-state index contributed by atoms with van der Waals surface area (Å²) in [7, 11) is 0. The van der Waals surface area contributed by atoms with Gasteiger partial charge in [-0.3, -0.25) is 0 Å². The fraction of sp³-hybridized carbons (Fsp3) is 0.0357. The normalized spacial score (nSPS) is 12.9. The van der Waals surface area contributed by atoms with Crippen LogP contribution in [0.15, 0.2) is 176 Å². The monoisotopic (exact) mass is 810 g/mol. The van der Waals surface area contributed by atoms with E-state index in [4.69, 9.17) is 9.47 Å². The molecule has 0 saturated heterocycles. The second-order valence-corrected chi connectivity index (χ2v) is 18.0. The molecule has 0 radical (unpaired) electrons. The molecule has 0 bridgehead atoms. The van der Waals surface area contributed by atoms with Crippen LogP contribution < -0.4 is 25.9 Å². The van der Waals surface area contributed by atoms with Crippen LogP contribution >= 0.6 is 11.3 Å². The zero-order chi connectivity index (χ0) is 40.8. The SMILES string of the molecule is Cc1ccc2c3cc(C)c4c5ccccc5sc4c3n(-c3ccc4c(c3)Oc3cc(-n5c6ccccc6c6ccccc65)cc5c3B4c3ccc(-c4ccccc4)cc3O5)c2c1. The van der Waals surface area contributed by atoms with Crippen molar-refractivity contribution >= 4 is 98.2 Å². The van der Waals surface area contributed by atoms with Gasteiger partial charge in [-0.05, 0) is 89.5 Å². The molecule has 14 rings (SSSR count). The Morgan fingerprint density at radius 3 is 1.84 bits per heavy atom. The predicted octanol–water partition coefficient (Wildman–Crippen LogP) is 13.3. The molecule has 12 aromatic rings. The van der Waals surface area contributed by atoms with Crippen molar-refractivity contribution in [1.29, 1.82) is 0 Å². The van der Waals surface area contributed by atoms with E-state index in [0.29, 0.717) is 0 Å². The Hall–Kier alpha value is -7.54. The van der Waals surface area contributed by atoms with E-state index in [-0.39, 0.29) is 6.71 Å². The fourth-order valence-corrected chi connectivity index (χ4v) is 12.0. The number of aryl methyl sites for hydroxylation is 2. The zero-order valence-corrected chi connectivity index (χ0v) is 34.8. The van der Waals surface area contributed by atoms with Crippen molar-refractivity contribution in [2.45, 2.75) is 13.8 Å². The number of rotatable bonds is 3. The number of aromatic nitrogens is 2. The van der Waals surface area contributed by atoms with Crippen molar-refractivity contribution < 1.29 is 9.47 Å². The maximum Gasteiger partial charge on any atom is 0.260 e. The molecule has 2 aliphatic rings. The lowest BCUT2D eigenvalue weighted by Gasteiger charge is -2.34. The van der Waals surface area contributed by atoms with E-state index >= 15 is 0 Å². The molecule has 290 valence electrons. The molecule has 6 heteroatoms. The molecule has 62 heavy (non-hydrogen) atoms. The summed E-state index contributed by atoms with van der Waals surface area (Å²) in [5.74, 6) is 3.35. The fourth-order valence-electron chi connectivity index (χ4n) is 10.7. The Morgan fingerprint density at radius 1 is 0.452 bits per heavy atom. The number of para-hydroxylation sites is 2. The van der Waals surface area contributed by atoms with E-state index in [1.54, 1.807) is 0 Å². The largest absolute Gasteiger partial charge is 0.458 e. The first-order chi connectivity index (χ1) is 30.6. The lowest BCUT2D eigenvalue weighted by molar-refractivity contribution is 0.464. The summed E-state index contributed by atoms with van der Waals surface area (Å²) in [6.07, 6.45) is 0. The van der Waals surface area contributed by atoms with E-state index < -0.39 is 0 Å². The van der Waals surface area contributed by atoms with Crippen LogP contribution in [0.3, 0.4) is 0 Å². The van der Waals surface area contributed by atoms with Crippen molar-refractivity contribution in [2.24, 2.45) is 0 Å². The summed E-state index contributed by atoms with van der Waals surface area (Å²) in [5, 5.41) is 7.60. The first kappa shape index (κ1) is 34.2. The number of ether oxygens (including phenoxy) is 2. The van der Waals surface area contributed by atoms with Gasteiger partial charge >= 0.3 is 0 Å². The van der Waals surface area contributed by atoms with Crippen LogP contribution in [0.5, 0.6) is 23.0 Å². The predicted molar refractivity (Wildman–Crippen MR) is 261 cm³/mol. The lowest BCUT2D eigenvalue weighted by Crippen LogP contribution is -2.57. The van der Waals surface area contributed by atoms with Crippen LogP contribution in [0.25, 0.3) is 86.3 Å². The van der Waals surface area contributed by atoms with Crippen molar-refractivity contribution in [1.82, 2.24) is 9.13 Å². The lowest BCUT2D eigenvalue weighted by atomic mass is 9.35. The first-order valence-corrected chi connectivity index (χ1v) is 22.1. The van der Waals surface area contributed by atoms with Crippen LogP contribution in [0.1, 0.15) is 11.1 Å². The Bertz CT molecular complexity index is 3860. The van der Waals surface area contributed by atoms with Crippen LogP contribution in [0.4, 0.5) is 0 Å². The van der Waals surface area contributed by atoms with Crippen molar-refractivity contribution in [3.8, 4) is 45.5 Å². The highest BCUT2D eigenvalue weighted by Crippen LogP contribution is 2.46. The molecule has 0 atom stereocenters. The highest BCUT2D eigenvalue weighted by Gasteiger charge is 2.41. The topological polar surface area (TPSA) is 28.3 Å². The van der Waals surface area contributed by atoms with Gasteiger partial charge in [0.05, 0.1) is 32.5 Å². The summed E-state index contributed by atoms with van der Waals surface area (Å²) < 4.78 is 21.7. The van der Waals surface area contributed by atoms with Crippen molar-refractivity contribution in [3.05, 3.63) is 187 Å². The standard InChI is InChI=1S/C56H35BN2O2S/c1-32-20-23-40-42-27-33(2)53-41-16-8-11-19-52(41)62-56(53)55(42)59(47(40)26-32)36-22-25-44-49(29-36)61-51-31-37(58-45-17-9-6-14-38(45)39-15-7-10-18-46(39)58)30-50-54(51)57(44)43-24-21-35(28-48(43)60-50)34-12-4-3-5-13-34/h3-31H,1-2H3. The van der Waals surface area contributed by atoms with Gasteiger partial charge in [0, 0.05) is 66.4 Å². The smallest absolute Gasteiger partial charge is 0.260 e. The quantitative estimate of drug-likeness (QED) is 0.166. The van der Waals surface area contributed by atoms with E-state index in [9.17, 15) is 0 Å². The molecule has 0 unspecified atom stereocenters. The summed E-state index contributed by atoms with van der Waals surface area (Å²) in [5.41, 5.74) is 14.9. The van der Waals surface area contributed by atoms with E-state index in [1.807, 2.05) is 11.3 Å². The number of fused-ring (bicyclic) bond motifs is 14. The highest BCUT2D eigenvalue weighted by molar-refractivity contribution is 7.26. The Morgan fingerprint density at radius 2 is 1.08 bits per heavy atom. The van der Waals surface area contributed by atoms with Gasteiger partial charge in [0.15, 0.2) is 0 Å². The summed E-state index contributed by atoms with van der Waals surface area (Å²) in [4.78, 5) is 0. The molecular weight excluding hydrogens is 776 g/mol. The van der Waals surface area contributed by atoms with E-state index in [2.05, 4.69) is 199 Å². The summed E-state index contributed by atoms with van der Waals surface area (Å²) in [6.45, 7) is 4.36. The van der Waals surface area contributed by atoms with Crippen molar-refractivity contribution in [3.63, 3.8) is 0 Å². The molecule has 0 spiro atoms. The third-order valence-corrected chi connectivity index (χ3v) is 14.6. The van der Waals surface area contributed by atoms with Gasteiger partial charge in [-0.1, -0.05) is 115 Å². The number of thiophene rings is 1. The first-order valence-electron chi connectivity index (χ1n) is 21.3. The Labute approximate surface area is 361 Å². The van der Waals surface area contributed by atoms with Crippen LogP contribution in [-0.4, -0.2) is 15.8 Å². The highest BCUT2D eigenvalue weighted by atomic mass is 32.1. The van der Waals surface area contributed by atoms with Crippen LogP contribution in [-0.2, 0) is 0 Å². The van der Waals surface area contributed by atoms with Gasteiger partial charge in [-0.25, -0.2) is 0 Å². The molecule has 3 aromatic heterocycles. The van der Waals surface area contributed by atoms with Gasteiger partial charge in [0.2, 0.25) is 0 Å². The van der Waals surface area contributed by atoms with Gasteiger partial charge < -0.3 is 18.6 Å². The number of hydrogen-bond acceptors (Lipinski definition) is 3. The Balaban J connectivity index is 1.03. The second-order valence-electron chi connectivity index (χ2n) is 17.0.